The molecular formula is C23H26FNO4. The molecule has 1 amide bonds. The maximum Gasteiger partial charge on any atom is 0.229 e. The van der Waals surface area contributed by atoms with Crippen LogP contribution in [0.5, 0.6) is 17.2 Å². The maximum atomic E-state index is 13.8. The van der Waals surface area contributed by atoms with E-state index in [1.807, 2.05) is 23.1 Å². The Kier molecular flexibility index (Phi) is 5.88. The van der Waals surface area contributed by atoms with Crippen molar-refractivity contribution in [3.05, 3.63) is 53.8 Å². The molecule has 1 fully saturated rings. The molecule has 6 heteroatoms. The highest BCUT2D eigenvalue weighted by atomic mass is 19.1. The van der Waals surface area contributed by atoms with Gasteiger partial charge in [0.15, 0.2) is 23.1 Å². The lowest BCUT2D eigenvalue weighted by Crippen LogP contribution is -2.46. The minimum Gasteiger partial charge on any atom is -0.493 e. The summed E-state index contributed by atoms with van der Waals surface area (Å²) < 4.78 is 30.7. The first-order chi connectivity index (χ1) is 14.2. The SMILES string of the molecule is COc1cccc2c1OC[C@H](C(=O)N1CCC[C@@H](COc3ccccc3F)C1)C2. The lowest BCUT2D eigenvalue weighted by atomic mass is 9.92. The third kappa shape index (κ3) is 4.31. The number of rotatable bonds is 5. The highest BCUT2D eigenvalue weighted by Crippen LogP contribution is 2.36. The number of halogens is 1. The highest BCUT2D eigenvalue weighted by molar-refractivity contribution is 5.80. The summed E-state index contributed by atoms with van der Waals surface area (Å²) in [5.74, 6) is 1.48. The Bertz CT molecular complexity index is 872. The number of amides is 1. The van der Waals surface area contributed by atoms with Gasteiger partial charge in [-0.05, 0) is 43.0 Å². The third-order valence-electron chi connectivity index (χ3n) is 5.67. The Balaban J connectivity index is 1.36. The van der Waals surface area contributed by atoms with Gasteiger partial charge in [-0.3, -0.25) is 4.79 Å². The van der Waals surface area contributed by atoms with E-state index in [-0.39, 0.29) is 29.3 Å². The molecule has 2 aromatic carbocycles. The van der Waals surface area contributed by atoms with Crippen molar-refractivity contribution in [2.45, 2.75) is 19.3 Å². The van der Waals surface area contributed by atoms with Crippen molar-refractivity contribution >= 4 is 5.91 Å². The Morgan fingerprint density at radius 1 is 1.21 bits per heavy atom. The van der Waals surface area contributed by atoms with Crippen LogP contribution < -0.4 is 14.2 Å². The smallest absolute Gasteiger partial charge is 0.229 e. The van der Waals surface area contributed by atoms with Crippen LogP contribution in [0, 0.1) is 17.7 Å². The van der Waals surface area contributed by atoms with Crippen molar-refractivity contribution in [2.24, 2.45) is 11.8 Å². The molecule has 2 atom stereocenters. The third-order valence-corrected chi connectivity index (χ3v) is 5.67. The van der Waals surface area contributed by atoms with Crippen molar-refractivity contribution in [1.82, 2.24) is 4.90 Å². The molecule has 5 nitrogen and oxygen atoms in total. The van der Waals surface area contributed by atoms with Gasteiger partial charge in [-0.15, -0.1) is 0 Å². The summed E-state index contributed by atoms with van der Waals surface area (Å²) in [6.45, 7) is 2.15. The molecule has 2 aromatic rings. The van der Waals surface area contributed by atoms with Crippen LogP contribution in [0.2, 0.25) is 0 Å². The molecular weight excluding hydrogens is 373 g/mol. The van der Waals surface area contributed by atoms with Crippen molar-refractivity contribution in [2.75, 3.05) is 33.4 Å². The first kappa shape index (κ1) is 19.6. The fourth-order valence-corrected chi connectivity index (χ4v) is 4.14. The minimum absolute atomic E-state index is 0.120. The van der Waals surface area contributed by atoms with Crippen LogP contribution in [0.3, 0.4) is 0 Å². The van der Waals surface area contributed by atoms with Crippen LogP contribution in [0.1, 0.15) is 18.4 Å². The normalized spacial score (nSPS) is 21.1. The molecule has 0 bridgehead atoms. The van der Waals surface area contributed by atoms with Crippen molar-refractivity contribution < 1.29 is 23.4 Å². The van der Waals surface area contributed by atoms with E-state index in [9.17, 15) is 9.18 Å². The first-order valence-electron chi connectivity index (χ1n) is 10.1. The van der Waals surface area contributed by atoms with Crippen LogP contribution >= 0.6 is 0 Å². The molecule has 0 aliphatic carbocycles. The molecule has 2 aliphatic rings. The van der Waals surface area contributed by atoms with E-state index in [0.717, 1.165) is 30.7 Å². The zero-order valence-electron chi connectivity index (χ0n) is 16.6. The summed E-state index contributed by atoms with van der Waals surface area (Å²) in [4.78, 5) is 15.0. The summed E-state index contributed by atoms with van der Waals surface area (Å²) in [6, 6.07) is 12.2. The van der Waals surface area contributed by atoms with Crippen molar-refractivity contribution in [3.63, 3.8) is 0 Å². The predicted octanol–water partition coefficient (Wildman–Crippen LogP) is 3.70. The van der Waals surface area contributed by atoms with Gasteiger partial charge in [-0.1, -0.05) is 24.3 Å². The Morgan fingerprint density at radius 2 is 2.03 bits per heavy atom. The summed E-state index contributed by atoms with van der Waals surface area (Å²) in [6.07, 6.45) is 2.55. The van der Waals surface area contributed by atoms with E-state index in [1.54, 1.807) is 25.3 Å². The summed E-state index contributed by atoms with van der Waals surface area (Å²) >= 11 is 0. The van der Waals surface area contributed by atoms with Crippen LogP contribution in [0.4, 0.5) is 4.39 Å². The van der Waals surface area contributed by atoms with Gasteiger partial charge in [0, 0.05) is 19.0 Å². The van der Waals surface area contributed by atoms with Gasteiger partial charge in [-0.2, -0.15) is 0 Å². The number of methoxy groups -OCH3 is 1. The molecule has 154 valence electrons. The average molecular weight is 399 g/mol. The average Bonchev–Trinajstić information content (AvgIpc) is 2.77. The number of fused-ring (bicyclic) bond motifs is 1. The number of para-hydroxylation sites is 2. The molecule has 0 N–H and O–H groups in total. The standard InChI is InChI=1S/C23H26FNO4/c1-27-21-10-4-7-17-12-18(15-29-22(17)21)23(26)25-11-5-6-16(13-25)14-28-20-9-3-2-8-19(20)24/h2-4,7-10,16,18H,5-6,11-15H2,1H3/t16-,18-/m1/s1. The van der Waals surface area contributed by atoms with Crippen molar-refractivity contribution in [1.29, 1.82) is 0 Å². The van der Waals surface area contributed by atoms with Crippen LogP contribution in [-0.4, -0.2) is 44.2 Å². The minimum atomic E-state index is -0.357. The zero-order chi connectivity index (χ0) is 20.2. The monoisotopic (exact) mass is 399 g/mol. The molecule has 0 saturated carbocycles. The maximum absolute atomic E-state index is 13.8. The van der Waals surface area contributed by atoms with Crippen LogP contribution in [0.25, 0.3) is 0 Å². The Labute approximate surface area is 170 Å². The lowest BCUT2D eigenvalue weighted by Gasteiger charge is -2.36. The van der Waals surface area contributed by atoms with Crippen LogP contribution in [0.15, 0.2) is 42.5 Å². The molecule has 0 unspecified atom stereocenters. The molecule has 1 saturated heterocycles. The molecule has 4 rings (SSSR count). The Hall–Kier alpha value is -2.76. The van der Waals surface area contributed by atoms with Crippen molar-refractivity contribution in [3.8, 4) is 17.2 Å². The number of likely N-dealkylation sites (tertiary alicyclic amines) is 1. The van der Waals surface area contributed by atoms with Crippen LogP contribution in [-0.2, 0) is 11.2 Å². The van der Waals surface area contributed by atoms with Gasteiger partial charge in [0.1, 0.15) is 6.61 Å². The quantitative estimate of drug-likeness (QED) is 0.769. The summed E-state index contributed by atoms with van der Waals surface area (Å²) in [5, 5.41) is 0. The molecule has 0 radical (unpaired) electrons. The van der Waals surface area contributed by atoms with Gasteiger partial charge >= 0.3 is 0 Å². The second-order valence-corrected chi connectivity index (χ2v) is 7.69. The first-order valence-corrected chi connectivity index (χ1v) is 10.1. The number of hydrogen-bond donors (Lipinski definition) is 0. The van der Waals surface area contributed by atoms with E-state index >= 15 is 0 Å². The molecule has 0 spiro atoms. The summed E-state index contributed by atoms with van der Waals surface area (Å²) in [5.41, 5.74) is 1.00. The lowest BCUT2D eigenvalue weighted by molar-refractivity contribution is -0.139. The Morgan fingerprint density at radius 3 is 2.86 bits per heavy atom. The van der Waals surface area contributed by atoms with E-state index in [2.05, 4.69) is 0 Å². The van der Waals surface area contributed by atoms with Gasteiger partial charge in [0.25, 0.3) is 0 Å². The van der Waals surface area contributed by atoms with E-state index in [0.29, 0.717) is 31.9 Å². The van der Waals surface area contributed by atoms with Gasteiger partial charge in [0.2, 0.25) is 5.91 Å². The molecule has 2 heterocycles. The second kappa shape index (κ2) is 8.72. The van der Waals surface area contributed by atoms with E-state index in [4.69, 9.17) is 14.2 Å². The second-order valence-electron chi connectivity index (χ2n) is 7.69. The van der Waals surface area contributed by atoms with Gasteiger partial charge < -0.3 is 19.1 Å². The number of benzene rings is 2. The predicted molar refractivity (Wildman–Crippen MR) is 107 cm³/mol. The molecule has 2 aliphatic heterocycles. The number of hydrogen-bond acceptors (Lipinski definition) is 4. The number of carbonyl (C=O) groups excluding carboxylic acids is 1. The fraction of sp³-hybridized carbons (Fsp3) is 0.435. The largest absolute Gasteiger partial charge is 0.493 e. The van der Waals surface area contributed by atoms with E-state index < -0.39 is 0 Å². The molecule has 29 heavy (non-hydrogen) atoms. The van der Waals surface area contributed by atoms with Gasteiger partial charge in [0.05, 0.1) is 19.6 Å². The topological polar surface area (TPSA) is 48.0 Å². The fourth-order valence-electron chi connectivity index (χ4n) is 4.14. The number of piperidine rings is 1. The number of nitrogens with zero attached hydrogens (tertiary/aromatic N) is 1. The highest BCUT2D eigenvalue weighted by Gasteiger charge is 2.33. The molecule has 0 aromatic heterocycles. The van der Waals surface area contributed by atoms with Gasteiger partial charge in [-0.25, -0.2) is 4.39 Å². The number of ether oxygens (including phenoxy) is 3. The summed E-state index contributed by atoms with van der Waals surface area (Å²) in [7, 11) is 1.62. The van der Waals surface area contributed by atoms with E-state index in [1.165, 1.54) is 6.07 Å². The zero-order valence-corrected chi connectivity index (χ0v) is 16.6. The number of carbonyl (C=O) groups is 1.